The van der Waals surface area contributed by atoms with Crippen LogP contribution in [-0.2, 0) is 6.54 Å². The molecule has 2 aromatic carbocycles. The molecule has 0 saturated carbocycles. The highest BCUT2D eigenvalue weighted by Crippen LogP contribution is 2.13. The molecular formula is C18H14N2O4. The van der Waals surface area contributed by atoms with E-state index in [9.17, 15) is 14.4 Å². The van der Waals surface area contributed by atoms with Crippen LogP contribution in [0.15, 0.2) is 42.5 Å². The van der Waals surface area contributed by atoms with E-state index in [4.69, 9.17) is 10.4 Å². The number of nitrogens with one attached hydrogen (secondary N) is 1. The molecule has 0 aliphatic heterocycles. The third-order valence-corrected chi connectivity index (χ3v) is 3.44. The van der Waals surface area contributed by atoms with Crippen LogP contribution < -0.4 is 5.32 Å². The van der Waals surface area contributed by atoms with Crippen LogP contribution in [0.25, 0.3) is 0 Å². The Morgan fingerprint density at radius 3 is 2.33 bits per heavy atom. The lowest BCUT2D eigenvalue weighted by Crippen LogP contribution is -2.25. The zero-order valence-corrected chi connectivity index (χ0v) is 12.9. The number of ketones is 1. The zero-order chi connectivity index (χ0) is 17.7. The molecule has 1 amide bonds. The maximum absolute atomic E-state index is 12.2. The first-order valence-electron chi connectivity index (χ1n) is 7.08. The predicted molar refractivity (Wildman–Crippen MR) is 85.7 cm³/mol. The summed E-state index contributed by atoms with van der Waals surface area (Å²) in [5, 5.41) is 20.8. The van der Waals surface area contributed by atoms with Crippen LogP contribution in [0.1, 0.15) is 49.1 Å². The van der Waals surface area contributed by atoms with E-state index in [1.165, 1.54) is 31.2 Å². The average Bonchev–Trinajstić information content (AvgIpc) is 2.59. The monoisotopic (exact) mass is 322 g/mol. The molecule has 2 N–H and O–H groups in total. The van der Waals surface area contributed by atoms with Crippen LogP contribution in [-0.4, -0.2) is 22.8 Å². The molecule has 6 nitrogen and oxygen atoms in total. The molecule has 2 rings (SSSR count). The number of nitrogens with zero attached hydrogens (tertiary/aromatic N) is 1. The van der Waals surface area contributed by atoms with E-state index in [0.717, 1.165) is 0 Å². The van der Waals surface area contributed by atoms with E-state index < -0.39 is 11.9 Å². The number of hydrogen-bond donors (Lipinski definition) is 2. The summed E-state index contributed by atoms with van der Waals surface area (Å²) in [6.45, 7) is 1.49. The Bertz CT molecular complexity index is 866. The lowest BCUT2D eigenvalue weighted by Gasteiger charge is -2.09. The number of rotatable bonds is 5. The standard InChI is InChI=1S/C18H14N2O4/c1-11(21)14-7-6-12(8-13(14)9-19)10-20-17(22)15-4-2-3-5-16(15)18(23)24/h2-8H,10H2,1H3,(H,20,22)(H,23,24). The first-order valence-corrected chi connectivity index (χ1v) is 7.08. The van der Waals surface area contributed by atoms with Crippen LogP contribution in [0.2, 0.25) is 0 Å². The van der Waals surface area contributed by atoms with Gasteiger partial charge in [0.15, 0.2) is 5.78 Å². The van der Waals surface area contributed by atoms with Crippen molar-refractivity contribution in [3.05, 3.63) is 70.3 Å². The van der Waals surface area contributed by atoms with Gasteiger partial charge in [0.2, 0.25) is 0 Å². The second-order valence-electron chi connectivity index (χ2n) is 5.08. The summed E-state index contributed by atoms with van der Waals surface area (Å²) in [7, 11) is 0. The van der Waals surface area contributed by atoms with Gasteiger partial charge in [-0.25, -0.2) is 4.79 Å². The lowest BCUT2D eigenvalue weighted by atomic mass is 10.0. The minimum atomic E-state index is -1.18. The third-order valence-electron chi connectivity index (χ3n) is 3.44. The molecule has 0 radical (unpaired) electrons. The number of nitriles is 1. The van der Waals surface area contributed by atoms with Crippen molar-refractivity contribution in [3.63, 3.8) is 0 Å². The lowest BCUT2D eigenvalue weighted by molar-refractivity contribution is 0.0690. The quantitative estimate of drug-likeness (QED) is 0.822. The van der Waals surface area contributed by atoms with Gasteiger partial charge < -0.3 is 10.4 Å². The van der Waals surface area contributed by atoms with Crippen LogP contribution in [0.3, 0.4) is 0 Å². The number of aromatic carboxylic acids is 1. The van der Waals surface area contributed by atoms with Gasteiger partial charge in [-0.3, -0.25) is 9.59 Å². The minimum Gasteiger partial charge on any atom is -0.478 e. The number of amides is 1. The summed E-state index contributed by atoms with van der Waals surface area (Å²) in [5.74, 6) is -1.92. The molecule has 0 saturated heterocycles. The van der Waals surface area contributed by atoms with Crippen molar-refractivity contribution in [3.8, 4) is 6.07 Å². The normalized spacial score (nSPS) is 9.83. The van der Waals surface area contributed by atoms with Crippen LogP contribution >= 0.6 is 0 Å². The van der Waals surface area contributed by atoms with Crippen molar-refractivity contribution in [2.45, 2.75) is 13.5 Å². The minimum absolute atomic E-state index is 0.0610. The fourth-order valence-electron chi connectivity index (χ4n) is 2.25. The van der Waals surface area contributed by atoms with E-state index in [2.05, 4.69) is 5.32 Å². The van der Waals surface area contributed by atoms with Crippen LogP contribution in [0.5, 0.6) is 0 Å². The smallest absolute Gasteiger partial charge is 0.336 e. The highest BCUT2D eigenvalue weighted by molar-refractivity contribution is 6.04. The molecule has 120 valence electrons. The van der Waals surface area contributed by atoms with Gasteiger partial charge in [-0.05, 0) is 36.8 Å². The SMILES string of the molecule is CC(=O)c1ccc(CNC(=O)c2ccccc2C(=O)O)cc1C#N. The van der Waals surface area contributed by atoms with Crippen molar-refractivity contribution in [2.75, 3.05) is 0 Å². The van der Waals surface area contributed by atoms with Gasteiger partial charge in [0.05, 0.1) is 22.8 Å². The van der Waals surface area contributed by atoms with E-state index >= 15 is 0 Å². The summed E-state index contributed by atoms with van der Waals surface area (Å²) in [6.07, 6.45) is 0. The van der Waals surface area contributed by atoms with Crippen molar-refractivity contribution in [1.82, 2.24) is 5.32 Å². The molecule has 6 heteroatoms. The van der Waals surface area contributed by atoms with Crippen molar-refractivity contribution in [2.24, 2.45) is 0 Å². The Balaban J connectivity index is 2.17. The number of carboxylic acid groups (broad SMARTS) is 1. The number of benzene rings is 2. The predicted octanol–water partition coefficient (Wildman–Crippen LogP) is 2.39. The molecule has 0 spiro atoms. The largest absolute Gasteiger partial charge is 0.478 e. The van der Waals surface area contributed by atoms with E-state index in [-0.39, 0.29) is 29.0 Å². The first-order chi connectivity index (χ1) is 11.4. The first kappa shape index (κ1) is 16.9. The number of Topliss-reactive ketones (excluding diaryl/α,β-unsaturated/α-hetero) is 1. The summed E-state index contributed by atoms with van der Waals surface area (Å²) in [4.78, 5) is 34.7. The van der Waals surface area contributed by atoms with Gasteiger partial charge in [-0.15, -0.1) is 0 Å². The fourth-order valence-corrected chi connectivity index (χ4v) is 2.25. The molecular weight excluding hydrogens is 308 g/mol. The highest BCUT2D eigenvalue weighted by atomic mass is 16.4. The number of carboxylic acids is 1. The number of hydrogen-bond acceptors (Lipinski definition) is 4. The van der Waals surface area contributed by atoms with Crippen molar-refractivity contribution < 1.29 is 19.5 Å². The molecule has 0 aliphatic rings. The van der Waals surface area contributed by atoms with E-state index in [1.807, 2.05) is 6.07 Å². The summed E-state index contributed by atoms with van der Waals surface area (Å²) >= 11 is 0. The molecule has 0 atom stereocenters. The van der Waals surface area contributed by atoms with Crippen molar-refractivity contribution in [1.29, 1.82) is 5.26 Å². The average molecular weight is 322 g/mol. The second-order valence-corrected chi connectivity index (χ2v) is 5.08. The Morgan fingerprint density at radius 2 is 1.75 bits per heavy atom. The Hall–Kier alpha value is -3.46. The summed E-state index contributed by atoms with van der Waals surface area (Å²) < 4.78 is 0. The van der Waals surface area contributed by atoms with E-state index in [1.54, 1.807) is 18.2 Å². The highest BCUT2D eigenvalue weighted by Gasteiger charge is 2.15. The maximum atomic E-state index is 12.2. The fraction of sp³-hybridized carbons (Fsp3) is 0.111. The Labute approximate surface area is 138 Å². The van der Waals surface area contributed by atoms with Gasteiger partial charge in [0.1, 0.15) is 0 Å². The van der Waals surface area contributed by atoms with Crippen LogP contribution in [0.4, 0.5) is 0 Å². The second kappa shape index (κ2) is 7.20. The molecule has 0 heterocycles. The molecule has 24 heavy (non-hydrogen) atoms. The van der Waals surface area contributed by atoms with Crippen molar-refractivity contribution >= 4 is 17.7 Å². The van der Waals surface area contributed by atoms with Gasteiger partial charge in [-0.1, -0.05) is 18.2 Å². The maximum Gasteiger partial charge on any atom is 0.336 e. The van der Waals surface area contributed by atoms with E-state index in [0.29, 0.717) is 11.1 Å². The molecule has 0 bridgehead atoms. The Kier molecular flexibility index (Phi) is 5.07. The van der Waals surface area contributed by atoms with Gasteiger partial charge in [-0.2, -0.15) is 5.26 Å². The topological polar surface area (TPSA) is 107 Å². The Morgan fingerprint density at radius 1 is 1.08 bits per heavy atom. The summed E-state index contributed by atoms with van der Waals surface area (Å²) in [5.41, 5.74) is 1.17. The molecule has 0 fully saturated rings. The summed E-state index contributed by atoms with van der Waals surface area (Å²) in [6, 6.07) is 12.6. The molecule has 0 aromatic heterocycles. The van der Waals surface area contributed by atoms with Crippen LogP contribution in [0, 0.1) is 11.3 Å². The molecule has 0 unspecified atom stereocenters. The zero-order valence-electron chi connectivity index (χ0n) is 12.9. The number of carbonyl (C=O) groups is 3. The van der Waals surface area contributed by atoms with Gasteiger partial charge in [0.25, 0.3) is 5.91 Å². The molecule has 0 aliphatic carbocycles. The third kappa shape index (κ3) is 3.65. The van der Waals surface area contributed by atoms with Gasteiger partial charge in [0, 0.05) is 12.1 Å². The van der Waals surface area contributed by atoms with Gasteiger partial charge >= 0.3 is 5.97 Å². The number of carbonyl (C=O) groups excluding carboxylic acids is 2. The molecule has 2 aromatic rings.